The number of hydrogen-bond donors (Lipinski definition) is 1. The van der Waals surface area contributed by atoms with E-state index in [1.54, 1.807) is 12.1 Å². The van der Waals surface area contributed by atoms with Crippen molar-refractivity contribution in [3.63, 3.8) is 0 Å². The molecule has 1 atom stereocenters. The van der Waals surface area contributed by atoms with Gasteiger partial charge in [-0.3, -0.25) is 4.79 Å². The van der Waals surface area contributed by atoms with Crippen molar-refractivity contribution in [2.24, 2.45) is 0 Å². The minimum atomic E-state index is -0.966. The molecule has 0 bridgehead atoms. The highest BCUT2D eigenvalue weighted by Gasteiger charge is 2.20. The van der Waals surface area contributed by atoms with Gasteiger partial charge < -0.3 is 19.5 Å². The molecule has 150 valence electrons. The smallest absolute Gasteiger partial charge is 0.339 e. The first-order valence-electron chi connectivity index (χ1n) is 9.33. The SMILES string of the molecule is CCOc1ccc(C(=O)O[C@@H](C)C(=O)Nc2ccc3ccccc3c2)cc1OC. The maximum atomic E-state index is 12.4. The van der Waals surface area contributed by atoms with Crippen LogP contribution in [0.4, 0.5) is 5.69 Å². The molecular weight excluding hydrogens is 370 g/mol. The Morgan fingerprint density at radius 2 is 1.72 bits per heavy atom. The highest BCUT2D eigenvalue weighted by atomic mass is 16.5. The first-order valence-corrected chi connectivity index (χ1v) is 9.33. The number of nitrogens with one attached hydrogen (secondary N) is 1. The maximum absolute atomic E-state index is 12.4. The fraction of sp³-hybridized carbons (Fsp3) is 0.217. The van der Waals surface area contributed by atoms with Crippen LogP contribution in [-0.4, -0.2) is 31.7 Å². The van der Waals surface area contributed by atoms with Crippen molar-refractivity contribution < 1.29 is 23.8 Å². The molecule has 3 aromatic carbocycles. The van der Waals surface area contributed by atoms with E-state index in [2.05, 4.69) is 5.32 Å². The zero-order chi connectivity index (χ0) is 20.8. The number of carbonyl (C=O) groups excluding carboxylic acids is 2. The van der Waals surface area contributed by atoms with Gasteiger partial charge in [0.1, 0.15) is 0 Å². The summed E-state index contributed by atoms with van der Waals surface area (Å²) in [5, 5.41) is 4.87. The summed E-state index contributed by atoms with van der Waals surface area (Å²) in [6.45, 7) is 3.86. The molecule has 6 nitrogen and oxygen atoms in total. The Hall–Kier alpha value is -3.54. The third-order valence-electron chi connectivity index (χ3n) is 4.37. The molecule has 0 fully saturated rings. The summed E-state index contributed by atoms with van der Waals surface area (Å²) in [6.07, 6.45) is -0.966. The third-order valence-corrected chi connectivity index (χ3v) is 4.37. The Morgan fingerprint density at radius 3 is 2.45 bits per heavy atom. The number of rotatable bonds is 7. The molecule has 3 aromatic rings. The van der Waals surface area contributed by atoms with Crippen LogP contribution in [0.15, 0.2) is 60.7 Å². The van der Waals surface area contributed by atoms with Crippen molar-refractivity contribution in [3.8, 4) is 11.5 Å². The molecule has 0 heterocycles. The fourth-order valence-corrected chi connectivity index (χ4v) is 2.86. The average Bonchev–Trinajstić information content (AvgIpc) is 2.74. The summed E-state index contributed by atoms with van der Waals surface area (Å²) < 4.78 is 16.0. The molecule has 0 aliphatic heterocycles. The molecule has 3 rings (SSSR count). The molecule has 0 aliphatic rings. The lowest BCUT2D eigenvalue weighted by Gasteiger charge is -2.15. The van der Waals surface area contributed by atoms with E-state index < -0.39 is 18.0 Å². The Labute approximate surface area is 169 Å². The van der Waals surface area contributed by atoms with Crippen LogP contribution in [0, 0.1) is 0 Å². The van der Waals surface area contributed by atoms with Gasteiger partial charge in [0, 0.05) is 5.69 Å². The van der Waals surface area contributed by atoms with Gasteiger partial charge in [-0.05, 0) is 55.0 Å². The van der Waals surface area contributed by atoms with Crippen LogP contribution in [0.25, 0.3) is 10.8 Å². The van der Waals surface area contributed by atoms with Crippen LogP contribution in [0.1, 0.15) is 24.2 Å². The van der Waals surface area contributed by atoms with Crippen LogP contribution in [0.2, 0.25) is 0 Å². The number of benzene rings is 3. The monoisotopic (exact) mass is 393 g/mol. The van der Waals surface area contributed by atoms with Gasteiger partial charge in [0.25, 0.3) is 5.91 Å². The van der Waals surface area contributed by atoms with Crippen molar-refractivity contribution in [1.82, 2.24) is 0 Å². The summed E-state index contributed by atoms with van der Waals surface area (Å²) in [5.41, 5.74) is 0.912. The van der Waals surface area contributed by atoms with Crippen molar-refractivity contribution in [2.45, 2.75) is 20.0 Å². The van der Waals surface area contributed by atoms with E-state index in [4.69, 9.17) is 14.2 Å². The minimum Gasteiger partial charge on any atom is -0.493 e. The van der Waals surface area contributed by atoms with Gasteiger partial charge in [0.2, 0.25) is 0 Å². The molecular formula is C23H23NO5. The number of esters is 1. The van der Waals surface area contributed by atoms with Crippen LogP contribution in [0.3, 0.4) is 0 Å². The molecule has 0 aliphatic carbocycles. The maximum Gasteiger partial charge on any atom is 0.339 e. The zero-order valence-corrected chi connectivity index (χ0v) is 16.6. The first-order chi connectivity index (χ1) is 14.0. The number of methoxy groups -OCH3 is 1. The predicted octanol–water partition coefficient (Wildman–Crippen LogP) is 4.43. The highest BCUT2D eigenvalue weighted by Crippen LogP contribution is 2.28. The molecule has 0 spiro atoms. The van der Waals surface area contributed by atoms with Gasteiger partial charge in [-0.15, -0.1) is 0 Å². The standard InChI is InChI=1S/C23H23NO5/c1-4-28-20-12-10-18(14-21(20)27-3)23(26)29-15(2)22(25)24-19-11-9-16-7-5-6-8-17(16)13-19/h5-15H,4H2,1-3H3,(H,24,25)/t15-/m0/s1. The second-order valence-electron chi connectivity index (χ2n) is 6.40. The van der Waals surface area contributed by atoms with Gasteiger partial charge >= 0.3 is 5.97 Å². The number of ether oxygens (including phenoxy) is 3. The topological polar surface area (TPSA) is 73.9 Å². The minimum absolute atomic E-state index is 0.274. The lowest BCUT2D eigenvalue weighted by molar-refractivity contribution is -0.123. The van der Waals surface area contributed by atoms with Gasteiger partial charge in [-0.2, -0.15) is 0 Å². The quantitative estimate of drug-likeness (QED) is 0.601. The van der Waals surface area contributed by atoms with Gasteiger partial charge in [-0.1, -0.05) is 30.3 Å². The first kappa shape index (κ1) is 20.2. The number of hydrogen-bond acceptors (Lipinski definition) is 5. The molecule has 0 aromatic heterocycles. The van der Waals surface area contributed by atoms with E-state index in [-0.39, 0.29) is 5.56 Å². The molecule has 0 radical (unpaired) electrons. The molecule has 29 heavy (non-hydrogen) atoms. The van der Waals surface area contributed by atoms with Gasteiger partial charge in [0.05, 0.1) is 19.3 Å². The normalized spacial score (nSPS) is 11.6. The second kappa shape index (κ2) is 9.10. The molecule has 0 saturated heterocycles. The Bertz CT molecular complexity index is 1030. The Morgan fingerprint density at radius 1 is 0.966 bits per heavy atom. The Kier molecular flexibility index (Phi) is 6.34. The number of anilines is 1. The van der Waals surface area contributed by atoms with Crippen LogP contribution in [0.5, 0.6) is 11.5 Å². The second-order valence-corrected chi connectivity index (χ2v) is 6.40. The summed E-state index contributed by atoms with van der Waals surface area (Å²) >= 11 is 0. The van der Waals surface area contributed by atoms with Crippen molar-refractivity contribution >= 4 is 28.3 Å². The van der Waals surface area contributed by atoms with Crippen molar-refractivity contribution in [2.75, 3.05) is 19.0 Å². The largest absolute Gasteiger partial charge is 0.493 e. The number of carbonyl (C=O) groups is 2. The zero-order valence-electron chi connectivity index (χ0n) is 16.6. The molecule has 0 saturated carbocycles. The van der Waals surface area contributed by atoms with E-state index in [9.17, 15) is 9.59 Å². The number of amides is 1. The van der Waals surface area contributed by atoms with E-state index in [0.29, 0.717) is 23.8 Å². The van der Waals surface area contributed by atoms with Gasteiger partial charge in [0.15, 0.2) is 17.6 Å². The lowest BCUT2D eigenvalue weighted by atomic mass is 10.1. The van der Waals surface area contributed by atoms with Gasteiger partial charge in [-0.25, -0.2) is 4.79 Å². The van der Waals surface area contributed by atoms with E-state index in [0.717, 1.165) is 10.8 Å². The third kappa shape index (κ3) is 4.85. The summed E-state index contributed by atoms with van der Waals surface area (Å²) in [6, 6.07) is 18.2. The lowest BCUT2D eigenvalue weighted by Crippen LogP contribution is -2.30. The van der Waals surface area contributed by atoms with E-state index in [1.165, 1.54) is 20.1 Å². The summed E-state index contributed by atoms with van der Waals surface area (Å²) in [7, 11) is 1.49. The van der Waals surface area contributed by atoms with Crippen molar-refractivity contribution in [1.29, 1.82) is 0 Å². The molecule has 0 unspecified atom stereocenters. The van der Waals surface area contributed by atoms with Crippen LogP contribution < -0.4 is 14.8 Å². The Balaban J connectivity index is 1.66. The summed E-state index contributed by atoms with van der Waals surface area (Å²) in [4.78, 5) is 24.9. The highest BCUT2D eigenvalue weighted by molar-refractivity contribution is 5.99. The average molecular weight is 393 g/mol. The van der Waals surface area contributed by atoms with E-state index in [1.807, 2.05) is 49.4 Å². The fourth-order valence-electron chi connectivity index (χ4n) is 2.86. The van der Waals surface area contributed by atoms with Crippen LogP contribution in [-0.2, 0) is 9.53 Å². The van der Waals surface area contributed by atoms with Crippen LogP contribution >= 0.6 is 0 Å². The van der Waals surface area contributed by atoms with Crippen molar-refractivity contribution in [3.05, 3.63) is 66.2 Å². The molecule has 6 heteroatoms. The molecule has 1 amide bonds. The number of fused-ring (bicyclic) bond motifs is 1. The van der Waals surface area contributed by atoms with E-state index >= 15 is 0 Å². The predicted molar refractivity (Wildman–Crippen MR) is 112 cm³/mol. The summed E-state index contributed by atoms with van der Waals surface area (Å²) in [5.74, 6) is -0.0674. The molecule has 1 N–H and O–H groups in total.